The van der Waals surface area contributed by atoms with Crippen molar-refractivity contribution in [3.05, 3.63) is 79.0 Å². The van der Waals surface area contributed by atoms with Gasteiger partial charge < -0.3 is 0 Å². The summed E-state index contributed by atoms with van der Waals surface area (Å²) in [6, 6.07) is 8.81. The van der Waals surface area contributed by atoms with Gasteiger partial charge in [-0.05, 0) is 0 Å². The van der Waals surface area contributed by atoms with Crippen molar-refractivity contribution >= 4 is 24.5 Å². The molecule has 0 bridgehead atoms. The third-order valence-electron chi connectivity index (χ3n) is 2.96. The molecular weight excluding hydrogens is 424 g/mol. The molecule has 0 aliphatic heterocycles. The van der Waals surface area contributed by atoms with Gasteiger partial charge in [0, 0.05) is 0 Å². The topological polar surface area (TPSA) is 0 Å². The van der Waals surface area contributed by atoms with Crippen LogP contribution in [0.5, 0.6) is 0 Å². The molecule has 22 heavy (non-hydrogen) atoms. The molecule has 0 nitrogen and oxygen atoms in total. The molecule has 1 aliphatic carbocycles. The summed E-state index contributed by atoms with van der Waals surface area (Å²) in [6.45, 7) is 6.60. The molecule has 0 amide bonds. The Morgan fingerprint density at radius 3 is 2.55 bits per heavy atom. The molecule has 1 aromatic rings. The van der Waals surface area contributed by atoms with Gasteiger partial charge in [0.2, 0.25) is 0 Å². The van der Waals surface area contributed by atoms with Crippen molar-refractivity contribution in [2.45, 2.75) is 38.1 Å². The summed E-state index contributed by atoms with van der Waals surface area (Å²) in [4.78, 5) is 0. The minimum Gasteiger partial charge on any atom is -0.231 e. The molecule has 120 valence electrons. The van der Waals surface area contributed by atoms with Crippen LogP contribution >= 0.6 is 0 Å². The first kappa shape index (κ1) is 21.7. The van der Waals surface area contributed by atoms with Crippen molar-refractivity contribution in [3.63, 3.8) is 0 Å². The number of allylic oxidation sites excluding steroid dienone is 6. The van der Waals surface area contributed by atoms with Crippen molar-refractivity contribution < 1.29 is 17.1 Å². The zero-order chi connectivity index (χ0) is 15.3. The van der Waals surface area contributed by atoms with E-state index in [1.165, 1.54) is 22.9 Å². The first-order valence-electron chi connectivity index (χ1n) is 7.48. The third kappa shape index (κ3) is 12.3. The molecule has 0 aromatic heterocycles. The van der Waals surface area contributed by atoms with Crippen molar-refractivity contribution in [1.82, 2.24) is 0 Å². The molecule has 2 radical (unpaired) electrons. The van der Waals surface area contributed by atoms with E-state index in [0.29, 0.717) is 0 Å². The fourth-order valence-electron chi connectivity index (χ4n) is 1.74. The molecule has 0 atom stereocenters. The fraction of sp³-hybridized carbons (Fsp3) is 0.300. The predicted octanol–water partition coefficient (Wildman–Crippen LogP) is 5.01. The summed E-state index contributed by atoms with van der Waals surface area (Å²) < 4.78 is 2.88. The normalized spacial score (nSPS) is 12.8. The van der Waals surface area contributed by atoms with E-state index in [9.17, 15) is 0 Å². The Bertz CT molecular complexity index is 442. The van der Waals surface area contributed by atoms with Crippen LogP contribution in [0.4, 0.5) is 0 Å². The summed E-state index contributed by atoms with van der Waals surface area (Å²) in [7, 11) is 0. The van der Waals surface area contributed by atoms with Crippen LogP contribution in [0.2, 0.25) is 4.47 Å². The van der Waals surface area contributed by atoms with E-state index >= 15 is 0 Å². The maximum atomic E-state index is 2.44. The van der Waals surface area contributed by atoms with Crippen LogP contribution in [0, 0.1) is 19.3 Å². The minimum absolute atomic E-state index is 0. The average molecular weight is 450 g/mol. The molecule has 0 spiro atoms. The molecule has 2 rings (SSSR count). The van der Waals surface area contributed by atoms with Gasteiger partial charge in [0.1, 0.15) is 0 Å². The van der Waals surface area contributed by atoms with Crippen molar-refractivity contribution in [2.75, 3.05) is 0 Å². The molecule has 0 saturated carbocycles. The van der Waals surface area contributed by atoms with Gasteiger partial charge in [-0.2, -0.15) is 0 Å². The monoisotopic (exact) mass is 452 g/mol. The van der Waals surface area contributed by atoms with Crippen molar-refractivity contribution in [1.29, 1.82) is 0 Å². The zero-order valence-electron chi connectivity index (χ0n) is 13.7. The second-order valence-corrected chi connectivity index (χ2v) is 8.39. The Morgan fingerprint density at radius 2 is 2.05 bits per heavy atom. The van der Waals surface area contributed by atoms with Crippen LogP contribution in [-0.4, -0.2) is 20.9 Å². The minimum atomic E-state index is 0. The second kappa shape index (κ2) is 14.3. The van der Waals surface area contributed by atoms with Crippen molar-refractivity contribution in [3.8, 4) is 0 Å². The van der Waals surface area contributed by atoms with Gasteiger partial charge in [0.05, 0.1) is 0 Å². The zero-order valence-corrected chi connectivity index (χ0v) is 17.2. The standard InChI is InChI=1S/C15H21Te.C5H5.Fe/c1-13(2)7-6-8-14(3)11-12-16-15-9-4-5-10-15;1-2-4-5-3-1;/h4-5,7,9-11H,6,8,12H2,1-3H3;1-5H;/q2*-1;+2/b14-11+;;. The maximum absolute atomic E-state index is 2.44. The molecule has 0 N–H and O–H groups in total. The predicted molar refractivity (Wildman–Crippen MR) is 96.7 cm³/mol. The number of hydrogen-bond donors (Lipinski definition) is 0. The first-order valence-corrected chi connectivity index (χ1v) is 10.3. The Kier molecular flexibility index (Phi) is 14.2. The van der Waals surface area contributed by atoms with Gasteiger partial charge in [-0.1, -0.05) is 0 Å². The Labute approximate surface area is 158 Å². The van der Waals surface area contributed by atoms with E-state index in [-0.39, 0.29) is 38.0 Å². The summed E-state index contributed by atoms with van der Waals surface area (Å²) in [5.41, 5.74) is 2.98. The van der Waals surface area contributed by atoms with Crippen LogP contribution in [0.25, 0.3) is 0 Å². The van der Waals surface area contributed by atoms with E-state index in [1.807, 2.05) is 31.4 Å². The van der Waals surface area contributed by atoms with Gasteiger partial charge in [-0.25, -0.2) is 18.6 Å². The second-order valence-electron chi connectivity index (χ2n) is 5.26. The van der Waals surface area contributed by atoms with Gasteiger partial charge >= 0.3 is 127 Å². The molecule has 1 aliphatic rings. The van der Waals surface area contributed by atoms with Crippen LogP contribution in [0.1, 0.15) is 33.6 Å². The van der Waals surface area contributed by atoms with Gasteiger partial charge in [0.15, 0.2) is 0 Å². The van der Waals surface area contributed by atoms with E-state index in [0.717, 1.165) is 0 Å². The summed E-state index contributed by atoms with van der Waals surface area (Å²) >= 11 is 0.0351. The summed E-state index contributed by atoms with van der Waals surface area (Å²) in [6.07, 6.45) is 17.2. The average Bonchev–Trinajstić information content (AvgIpc) is 3.14. The van der Waals surface area contributed by atoms with Crippen LogP contribution in [0.3, 0.4) is 0 Å². The summed E-state index contributed by atoms with van der Waals surface area (Å²) in [5.74, 6) is 0. The van der Waals surface area contributed by atoms with Gasteiger partial charge in [-0.3, -0.25) is 0 Å². The molecule has 2 heteroatoms. The van der Waals surface area contributed by atoms with Gasteiger partial charge in [-0.15, -0.1) is 12.8 Å². The van der Waals surface area contributed by atoms with E-state index in [1.54, 1.807) is 9.18 Å². The molecule has 0 saturated heterocycles. The molecule has 1 aromatic carbocycles. The van der Waals surface area contributed by atoms with E-state index in [2.05, 4.69) is 57.2 Å². The smallest absolute Gasteiger partial charge is 0.231 e. The Balaban J connectivity index is 0.000000622. The Morgan fingerprint density at radius 1 is 1.23 bits per heavy atom. The molecule has 0 heterocycles. The quantitative estimate of drug-likeness (QED) is 0.325. The summed E-state index contributed by atoms with van der Waals surface area (Å²) in [5, 5.41) is 0. The number of rotatable bonds is 6. The molecule has 0 unspecified atom stereocenters. The largest absolute Gasteiger partial charge is 2.00 e. The fourth-order valence-corrected chi connectivity index (χ4v) is 4.34. The third-order valence-corrected chi connectivity index (χ3v) is 5.64. The molecular formula is C20H26FeTe. The maximum Gasteiger partial charge on any atom is 2.00 e. The Hall–Kier alpha value is -0.251. The number of hydrogen-bond acceptors (Lipinski definition) is 0. The van der Waals surface area contributed by atoms with Crippen LogP contribution < -0.4 is 3.61 Å². The van der Waals surface area contributed by atoms with Crippen molar-refractivity contribution in [2.24, 2.45) is 0 Å². The van der Waals surface area contributed by atoms with E-state index < -0.39 is 0 Å². The first-order chi connectivity index (χ1) is 10.2. The molecule has 0 fully saturated rings. The van der Waals surface area contributed by atoms with Crippen LogP contribution in [-0.2, 0) is 17.1 Å². The SMILES string of the molecule is CC(C)=CCC/C(C)=C/C[Te]c1cc[cH-]c1.[CH]1[CH][CH-]C=C1.[Fe+2]. The van der Waals surface area contributed by atoms with E-state index in [4.69, 9.17) is 0 Å². The van der Waals surface area contributed by atoms with Crippen LogP contribution in [0.15, 0.2) is 59.7 Å². The van der Waals surface area contributed by atoms with Gasteiger partial charge in [0.25, 0.3) is 0 Å².